The fourth-order valence-corrected chi connectivity index (χ4v) is 2.00. The molecule has 2 rings (SSSR count). The number of rotatable bonds is 3. The van der Waals surface area contributed by atoms with Gasteiger partial charge in [0.15, 0.2) is 0 Å². The summed E-state index contributed by atoms with van der Waals surface area (Å²) in [5.41, 5.74) is 1.02. The number of ether oxygens (including phenoxy) is 1. The number of ketones is 1. The van der Waals surface area contributed by atoms with Crippen molar-refractivity contribution in [1.29, 1.82) is 0 Å². The highest BCUT2D eigenvalue weighted by Crippen LogP contribution is 2.21. The topological polar surface area (TPSA) is 44.1 Å². The second-order valence-electron chi connectivity index (χ2n) is 3.99. The van der Waals surface area contributed by atoms with Gasteiger partial charge < -0.3 is 4.74 Å². The van der Waals surface area contributed by atoms with Gasteiger partial charge in [-0.1, -0.05) is 0 Å². The van der Waals surface area contributed by atoms with Crippen LogP contribution in [0.1, 0.15) is 31.5 Å². The van der Waals surface area contributed by atoms with Crippen LogP contribution >= 0.6 is 0 Å². The van der Waals surface area contributed by atoms with E-state index in [0.717, 1.165) is 31.7 Å². The van der Waals surface area contributed by atoms with Gasteiger partial charge in [0.1, 0.15) is 5.78 Å². The molecule has 0 aromatic carbocycles. The van der Waals surface area contributed by atoms with Crippen LogP contribution in [0.2, 0.25) is 0 Å². The number of hydrogen-bond acceptors (Lipinski definition) is 3. The lowest BCUT2D eigenvalue weighted by atomic mass is 10.1. The highest BCUT2D eigenvalue weighted by atomic mass is 16.5. The molecule has 1 fully saturated rings. The maximum atomic E-state index is 11.1. The van der Waals surface area contributed by atoms with E-state index in [4.69, 9.17) is 4.74 Å². The maximum absolute atomic E-state index is 11.1. The molecule has 0 amide bonds. The number of aromatic nitrogens is 2. The first-order chi connectivity index (χ1) is 7.27. The Kier molecular flexibility index (Phi) is 3.16. The third-order valence-corrected chi connectivity index (χ3v) is 2.72. The fraction of sp³-hybridized carbons (Fsp3) is 0.636. The predicted molar refractivity (Wildman–Crippen MR) is 55.7 cm³/mol. The monoisotopic (exact) mass is 208 g/mol. The van der Waals surface area contributed by atoms with E-state index < -0.39 is 0 Å². The standard InChI is InChI=1S/C11H16N2O2/c1-9(14)8-11-2-5-12-13(11)10-3-6-15-7-4-10/h2,5,10H,3-4,6-8H2,1H3. The predicted octanol–water partition coefficient (Wildman–Crippen LogP) is 1.37. The van der Waals surface area contributed by atoms with E-state index in [9.17, 15) is 4.79 Å². The highest BCUT2D eigenvalue weighted by molar-refractivity contribution is 5.77. The molecule has 1 aliphatic heterocycles. The van der Waals surface area contributed by atoms with Crippen LogP contribution in [0.4, 0.5) is 0 Å². The molecule has 4 nitrogen and oxygen atoms in total. The normalized spacial score (nSPS) is 17.9. The first-order valence-electron chi connectivity index (χ1n) is 5.37. The van der Waals surface area contributed by atoms with E-state index in [0.29, 0.717) is 12.5 Å². The summed E-state index contributed by atoms with van der Waals surface area (Å²) in [6, 6.07) is 2.33. The molecule has 0 bridgehead atoms. The van der Waals surface area contributed by atoms with Crippen LogP contribution in [-0.4, -0.2) is 28.8 Å². The van der Waals surface area contributed by atoms with Gasteiger partial charge in [0.2, 0.25) is 0 Å². The molecule has 82 valence electrons. The molecule has 4 heteroatoms. The summed E-state index contributed by atoms with van der Waals surface area (Å²) in [7, 11) is 0. The second-order valence-corrected chi connectivity index (χ2v) is 3.99. The molecule has 0 N–H and O–H groups in total. The Labute approximate surface area is 89.2 Å². The van der Waals surface area contributed by atoms with Crippen molar-refractivity contribution in [3.63, 3.8) is 0 Å². The van der Waals surface area contributed by atoms with Crippen molar-refractivity contribution in [1.82, 2.24) is 9.78 Å². The van der Waals surface area contributed by atoms with Crippen LogP contribution < -0.4 is 0 Å². The third kappa shape index (κ3) is 2.45. The molecule has 0 unspecified atom stereocenters. The Morgan fingerprint density at radius 1 is 1.60 bits per heavy atom. The summed E-state index contributed by atoms with van der Waals surface area (Å²) in [6.45, 7) is 3.20. The van der Waals surface area contributed by atoms with Gasteiger partial charge in [-0.15, -0.1) is 0 Å². The van der Waals surface area contributed by atoms with Crippen molar-refractivity contribution < 1.29 is 9.53 Å². The largest absolute Gasteiger partial charge is 0.381 e. The highest BCUT2D eigenvalue weighted by Gasteiger charge is 2.18. The number of hydrogen-bond donors (Lipinski definition) is 0. The lowest BCUT2D eigenvalue weighted by Crippen LogP contribution is -2.22. The Hall–Kier alpha value is -1.16. The van der Waals surface area contributed by atoms with Gasteiger partial charge in [-0.2, -0.15) is 5.10 Å². The van der Waals surface area contributed by atoms with Crippen molar-refractivity contribution in [2.45, 2.75) is 32.2 Å². The van der Waals surface area contributed by atoms with Crippen molar-refractivity contribution in [2.75, 3.05) is 13.2 Å². The molecule has 0 spiro atoms. The third-order valence-electron chi connectivity index (χ3n) is 2.72. The first kappa shape index (κ1) is 10.4. The fourth-order valence-electron chi connectivity index (χ4n) is 2.00. The molecule has 1 aromatic heterocycles. The van der Waals surface area contributed by atoms with Crippen LogP contribution in [-0.2, 0) is 16.0 Å². The van der Waals surface area contributed by atoms with E-state index in [2.05, 4.69) is 5.10 Å². The molecular weight excluding hydrogens is 192 g/mol. The molecule has 1 aromatic rings. The average Bonchev–Trinajstić information content (AvgIpc) is 2.66. The lowest BCUT2D eigenvalue weighted by Gasteiger charge is -2.24. The van der Waals surface area contributed by atoms with Gasteiger partial charge in [0.25, 0.3) is 0 Å². The van der Waals surface area contributed by atoms with Crippen molar-refractivity contribution in [2.24, 2.45) is 0 Å². The molecule has 2 heterocycles. The smallest absolute Gasteiger partial charge is 0.135 e. The summed E-state index contributed by atoms with van der Waals surface area (Å²) in [4.78, 5) is 11.1. The van der Waals surface area contributed by atoms with Gasteiger partial charge >= 0.3 is 0 Å². The number of carbonyl (C=O) groups is 1. The second kappa shape index (κ2) is 4.57. The van der Waals surface area contributed by atoms with Crippen LogP contribution in [0.5, 0.6) is 0 Å². The molecule has 0 aliphatic carbocycles. The number of nitrogens with zero attached hydrogens (tertiary/aromatic N) is 2. The van der Waals surface area contributed by atoms with Crippen LogP contribution in [0.15, 0.2) is 12.3 Å². The van der Waals surface area contributed by atoms with Crippen LogP contribution in [0, 0.1) is 0 Å². The van der Waals surface area contributed by atoms with Crippen LogP contribution in [0.25, 0.3) is 0 Å². The summed E-state index contributed by atoms with van der Waals surface area (Å²) in [5.74, 6) is 0.184. The Bertz CT molecular complexity index is 340. The Morgan fingerprint density at radius 2 is 2.33 bits per heavy atom. The lowest BCUT2D eigenvalue weighted by molar-refractivity contribution is -0.116. The van der Waals surface area contributed by atoms with E-state index in [1.54, 1.807) is 13.1 Å². The van der Waals surface area contributed by atoms with Crippen molar-refractivity contribution >= 4 is 5.78 Å². The van der Waals surface area contributed by atoms with Gasteiger partial charge in [-0.25, -0.2) is 0 Å². The molecule has 0 saturated carbocycles. The maximum Gasteiger partial charge on any atom is 0.135 e. The quantitative estimate of drug-likeness (QED) is 0.753. The number of carbonyl (C=O) groups excluding carboxylic acids is 1. The van der Waals surface area contributed by atoms with Crippen LogP contribution in [0.3, 0.4) is 0 Å². The average molecular weight is 208 g/mol. The first-order valence-corrected chi connectivity index (χ1v) is 5.37. The number of Topliss-reactive ketones (excluding diaryl/α,β-unsaturated/α-hetero) is 1. The van der Waals surface area contributed by atoms with E-state index >= 15 is 0 Å². The summed E-state index contributed by atoms with van der Waals surface area (Å²) in [5, 5.41) is 4.30. The molecule has 0 atom stereocenters. The Morgan fingerprint density at radius 3 is 3.00 bits per heavy atom. The van der Waals surface area contributed by atoms with Gasteiger partial charge in [-0.3, -0.25) is 9.48 Å². The van der Waals surface area contributed by atoms with Crippen molar-refractivity contribution in [3.05, 3.63) is 18.0 Å². The zero-order valence-corrected chi connectivity index (χ0v) is 8.98. The summed E-state index contributed by atoms with van der Waals surface area (Å²) >= 11 is 0. The molecule has 15 heavy (non-hydrogen) atoms. The minimum atomic E-state index is 0.184. The van der Waals surface area contributed by atoms with E-state index in [1.807, 2.05) is 10.7 Å². The van der Waals surface area contributed by atoms with Gasteiger partial charge in [0.05, 0.1) is 6.04 Å². The summed E-state index contributed by atoms with van der Waals surface area (Å²) < 4.78 is 7.30. The molecule has 1 aliphatic rings. The molecule has 1 saturated heterocycles. The molecular formula is C11H16N2O2. The van der Waals surface area contributed by atoms with E-state index in [1.165, 1.54) is 0 Å². The van der Waals surface area contributed by atoms with Crippen molar-refractivity contribution in [3.8, 4) is 0 Å². The van der Waals surface area contributed by atoms with E-state index in [-0.39, 0.29) is 5.78 Å². The minimum Gasteiger partial charge on any atom is -0.381 e. The zero-order chi connectivity index (χ0) is 10.7. The van der Waals surface area contributed by atoms with Gasteiger partial charge in [-0.05, 0) is 25.8 Å². The minimum absolute atomic E-state index is 0.184. The summed E-state index contributed by atoms with van der Waals surface area (Å²) in [6.07, 6.45) is 4.24. The Balaban J connectivity index is 2.12. The van der Waals surface area contributed by atoms with Gasteiger partial charge in [0, 0.05) is 31.5 Å². The molecule has 0 radical (unpaired) electrons. The zero-order valence-electron chi connectivity index (χ0n) is 8.98. The SMILES string of the molecule is CC(=O)Cc1ccnn1C1CCOCC1.